The van der Waals surface area contributed by atoms with Crippen LogP contribution in [0.5, 0.6) is 0 Å². The van der Waals surface area contributed by atoms with Gasteiger partial charge in [0.25, 0.3) is 0 Å². The summed E-state index contributed by atoms with van der Waals surface area (Å²) < 4.78 is 0. The molecule has 0 heterocycles. The zero-order chi connectivity index (χ0) is 16.7. The van der Waals surface area contributed by atoms with Crippen LogP contribution in [0, 0.1) is 5.41 Å². The smallest absolute Gasteiger partial charge is 0.308 e. The van der Waals surface area contributed by atoms with E-state index < -0.39 is 0 Å². The number of hydrogen-bond donors (Lipinski definition) is 0. The number of rotatable bonds is 3. The van der Waals surface area contributed by atoms with Gasteiger partial charge in [0, 0.05) is 22.5 Å². The summed E-state index contributed by atoms with van der Waals surface area (Å²) in [5, 5.41) is 0. The molecular formula is C22H24Fe2O. The number of carbonyl (C=O) groups excluding carboxylic acids is 1. The molecule has 0 saturated carbocycles. The van der Waals surface area contributed by atoms with Crippen molar-refractivity contribution in [2.45, 2.75) is 27.2 Å². The molecule has 0 fully saturated rings. The molecule has 0 aliphatic rings. The second-order valence-electron chi connectivity index (χ2n) is 6.71. The van der Waals surface area contributed by atoms with Crippen molar-refractivity contribution < 1.29 is 38.9 Å². The van der Waals surface area contributed by atoms with Gasteiger partial charge in [0.15, 0.2) is 0 Å². The fourth-order valence-electron chi connectivity index (χ4n) is 2.32. The molecule has 0 aliphatic heterocycles. The van der Waals surface area contributed by atoms with E-state index in [-0.39, 0.29) is 45.3 Å². The van der Waals surface area contributed by atoms with E-state index in [4.69, 9.17) is 0 Å². The van der Waals surface area contributed by atoms with E-state index in [0.29, 0.717) is 0 Å². The first kappa shape index (κ1) is 23.6. The van der Waals surface area contributed by atoms with Crippen molar-refractivity contribution in [1.29, 1.82) is 0 Å². The maximum Gasteiger partial charge on any atom is 2.00 e. The van der Waals surface area contributed by atoms with Crippen LogP contribution in [-0.4, -0.2) is 5.78 Å². The molecule has 0 aromatic heterocycles. The average molecular weight is 416 g/mol. The minimum absolute atomic E-state index is 0. The summed E-state index contributed by atoms with van der Waals surface area (Å²) in [6.07, 6.45) is 1.05. The minimum Gasteiger partial charge on any atom is -0.308 e. The Morgan fingerprint density at radius 3 is 1.80 bits per heavy atom. The van der Waals surface area contributed by atoms with Crippen LogP contribution < -0.4 is 0 Å². The van der Waals surface area contributed by atoms with E-state index in [0.717, 1.165) is 12.0 Å². The fourth-order valence-corrected chi connectivity index (χ4v) is 2.32. The Hall–Kier alpha value is -1.37. The molecule has 0 saturated heterocycles. The third-order valence-corrected chi connectivity index (χ3v) is 3.59. The maximum atomic E-state index is 11.5. The Morgan fingerprint density at radius 2 is 1.32 bits per heavy atom. The van der Waals surface area contributed by atoms with Gasteiger partial charge in [-0.25, -0.2) is 24.3 Å². The largest absolute Gasteiger partial charge is 2.00 e. The molecule has 1 nitrogen and oxygen atoms in total. The van der Waals surface area contributed by atoms with Crippen molar-refractivity contribution in [2.75, 3.05) is 0 Å². The first-order valence-corrected chi connectivity index (χ1v) is 7.98. The summed E-state index contributed by atoms with van der Waals surface area (Å²) in [6.45, 7) is 5.80. The molecule has 134 valence electrons. The van der Waals surface area contributed by atoms with Crippen LogP contribution in [0.3, 0.4) is 0 Å². The van der Waals surface area contributed by atoms with Crippen LogP contribution in [0.25, 0.3) is 0 Å². The molecule has 3 aromatic carbocycles. The van der Waals surface area contributed by atoms with Gasteiger partial charge in [-0.15, -0.1) is 0 Å². The zero-order valence-corrected chi connectivity index (χ0v) is 17.0. The molecule has 0 bridgehead atoms. The van der Waals surface area contributed by atoms with E-state index in [1.54, 1.807) is 0 Å². The first-order chi connectivity index (χ1) is 11.0. The fraction of sp³-hybridized carbons (Fsp3) is 0.227. The zero-order valence-electron chi connectivity index (χ0n) is 14.8. The monoisotopic (exact) mass is 416 g/mol. The van der Waals surface area contributed by atoms with Gasteiger partial charge in [-0.1, -0.05) is 62.2 Å². The summed E-state index contributed by atoms with van der Waals surface area (Å²) in [4.78, 5) is 11.5. The number of carbonyl (C=O) groups is 1. The minimum atomic E-state index is -0.256. The van der Waals surface area contributed by atoms with Crippen molar-refractivity contribution in [1.82, 2.24) is 0 Å². The average Bonchev–Trinajstić information content (AvgIpc) is 3.20. The van der Waals surface area contributed by atoms with Crippen molar-refractivity contribution in [2.24, 2.45) is 5.41 Å². The molecule has 0 atom stereocenters. The van der Waals surface area contributed by atoms with Crippen molar-refractivity contribution in [3.05, 3.63) is 95.6 Å². The van der Waals surface area contributed by atoms with Crippen LogP contribution >= 0.6 is 0 Å². The van der Waals surface area contributed by atoms with Gasteiger partial charge in [0.05, 0.1) is 0 Å². The first-order valence-electron chi connectivity index (χ1n) is 7.98. The Kier molecular flexibility index (Phi) is 10.7. The Labute approximate surface area is 172 Å². The number of ketones is 1. The maximum absolute atomic E-state index is 11.5. The summed E-state index contributed by atoms with van der Waals surface area (Å²) >= 11 is 0. The van der Waals surface area contributed by atoms with Gasteiger partial charge in [-0.05, 0) is 6.42 Å². The SMILES string of the molecule is CC(C)(C)C(=O)[c-]1cccc1.[Fe+2].[Fe].c1ccc(C[c-]2cccc2)cc1. The molecule has 3 heteroatoms. The second-order valence-corrected chi connectivity index (χ2v) is 6.71. The molecule has 0 radical (unpaired) electrons. The summed E-state index contributed by atoms with van der Waals surface area (Å²) in [5.41, 5.74) is 3.33. The van der Waals surface area contributed by atoms with Gasteiger partial charge in [-0.3, -0.25) is 0 Å². The third kappa shape index (κ3) is 8.03. The van der Waals surface area contributed by atoms with Crippen LogP contribution in [0.4, 0.5) is 0 Å². The van der Waals surface area contributed by atoms with Crippen molar-refractivity contribution >= 4 is 5.78 Å². The predicted molar refractivity (Wildman–Crippen MR) is 97.1 cm³/mol. The van der Waals surface area contributed by atoms with E-state index in [9.17, 15) is 4.79 Å². The molecule has 0 spiro atoms. The van der Waals surface area contributed by atoms with Crippen molar-refractivity contribution in [3.8, 4) is 0 Å². The molecule has 0 amide bonds. The Balaban J connectivity index is 0.000000429. The quantitative estimate of drug-likeness (QED) is 0.308. The van der Waals surface area contributed by atoms with Crippen molar-refractivity contribution in [3.63, 3.8) is 0 Å². The van der Waals surface area contributed by atoms with Crippen LogP contribution in [-0.2, 0) is 40.6 Å². The van der Waals surface area contributed by atoms with Gasteiger partial charge < -0.3 is 4.79 Å². The molecule has 0 aliphatic carbocycles. The van der Waals surface area contributed by atoms with Gasteiger partial charge >= 0.3 is 17.1 Å². The van der Waals surface area contributed by atoms with Gasteiger partial charge in [-0.2, -0.15) is 29.8 Å². The molecular weight excluding hydrogens is 392 g/mol. The van der Waals surface area contributed by atoms with E-state index in [1.807, 2.05) is 45.0 Å². The number of hydrogen-bond acceptors (Lipinski definition) is 1. The standard InChI is InChI=1S/C12H11.C10H13O.2Fe/c1-2-6-11(7-3-1)10-12-8-4-5-9-12;1-10(2,3)9(11)8-6-4-5-7-8;;/h1-9H,10H2;4-7H,1-3H3;;/q2*-1;;+2. The molecule has 3 rings (SSSR count). The van der Waals surface area contributed by atoms with Crippen LogP contribution in [0.1, 0.15) is 42.3 Å². The summed E-state index contributed by atoms with van der Waals surface area (Å²) in [6, 6.07) is 26.5. The number of Topliss-reactive ketones (excluding diaryl/α,β-unsaturated/α-hetero) is 1. The van der Waals surface area contributed by atoms with Crippen LogP contribution in [0.15, 0.2) is 78.9 Å². The molecule has 0 unspecified atom stereocenters. The van der Waals surface area contributed by atoms with Crippen LogP contribution in [0.2, 0.25) is 0 Å². The molecule has 3 aromatic rings. The molecule has 25 heavy (non-hydrogen) atoms. The second kappa shape index (κ2) is 11.3. The van der Waals surface area contributed by atoms with E-state index in [1.165, 1.54) is 11.1 Å². The predicted octanol–water partition coefficient (Wildman–Crippen LogP) is 5.63. The Bertz CT molecular complexity index is 690. The summed E-state index contributed by atoms with van der Waals surface area (Å²) in [7, 11) is 0. The van der Waals surface area contributed by atoms with E-state index in [2.05, 4.69) is 54.6 Å². The van der Waals surface area contributed by atoms with Gasteiger partial charge in [0.1, 0.15) is 5.78 Å². The van der Waals surface area contributed by atoms with E-state index >= 15 is 0 Å². The summed E-state index contributed by atoms with van der Waals surface area (Å²) in [5.74, 6) is 0.211. The normalized spacial score (nSPS) is 9.88. The molecule has 0 N–H and O–H groups in total. The Morgan fingerprint density at radius 1 is 0.840 bits per heavy atom. The third-order valence-electron chi connectivity index (χ3n) is 3.59. The number of benzene rings is 1. The van der Waals surface area contributed by atoms with Gasteiger partial charge in [0.2, 0.25) is 0 Å². The topological polar surface area (TPSA) is 17.1 Å².